The average Bonchev–Trinajstić information content (AvgIpc) is 2.29. The molecule has 2 rings (SSSR count). The highest BCUT2D eigenvalue weighted by molar-refractivity contribution is 5.92. The van der Waals surface area contributed by atoms with Crippen molar-refractivity contribution in [2.24, 2.45) is 0 Å². The SMILES string of the molecule is O=[N+]([O-])c1ccc(OCO)c2ncccc12. The third-order valence-electron chi connectivity index (χ3n) is 2.13. The molecule has 2 aromatic rings. The number of aliphatic hydroxyl groups excluding tert-OH is 1. The van der Waals surface area contributed by atoms with Crippen LogP contribution in [0.5, 0.6) is 5.75 Å². The zero-order valence-electron chi connectivity index (χ0n) is 8.16. The number of fused-ring (bicyclic) bond motifs is 1. The molecule has 6 heteroatoms. The van der Waals surface area contributed by atoms with Crippen LogP contribution >= 0.6 is 0 Å². The van der Waals surface area contributed by atoms with Crippen molar-refractivity contribution in [3.05, 3.63) is 40.6 Å². The largest absolute Gasteiger partial charge is 0.465 e. The predicted molar refractivity (Wildman–Crippen MR) is 56.1 cm³/mol. The third kappa shape index (κ3) is 1.66. The fourth-order valence-electron chi connectivity index (χ4n) is 1.48. The van der Waals surface area contributed by atoms with Crippen molar-refractivity contribution in [2.45, 2.75) is 0 Å². The first-order valence-corrected chi connectivity index (χ1v) is 4.50. The Balaban J connectivity index is 2.71. The molecular weight excluding hydrogens is 212 g/mol. The molecule has 1 N–H and O–H groups in total. The van der Waals surface area contributed by atoms with Crippen LogP contribution in [0.15, 0.2) is 30.5 Å². The van der Waals surface area contributed by atoms with Gasteiger partial charge in [0.1, 0.15) is 11.3 Å². The first kappa shape index (κ1) is 10.3. The van der Waals surface area contributed by atoms with Gasteiger partial charge in [0, 0.05) is 12.3 Å². The molecular formula is C10H8N2O4. The highest BCUT2D eigenvalue weighted by Crippen LogP contribution is 2.30. The van der Waals surface area contributed by atoms with E-state index < -0.39 is 11.7 Å². The molecule has 1 heterocycles. The molecule has 0 saturated heterocycles. The molecule has 0 aliphatic heterocycles. The van der Waals surface area contributed by atoms with E-state index in [2.05, 4.69) is 4.98 Å². The second-order valence-electron chi connectivity index (χ2n) is 3.01. The lowest BCUT2D eigenvalue weighted by Crippen LogP contribution is -1.98. The normalized spacial score (nSPS) is 10.3. The summed E-state index contributed by atoms with van der Waals surface area (Å²) in [5.41, 5.74) is 0.333. The summed E-state index contributed by atoms with van der Waals surface area (Å²) in [4.78, 5) is 14.3. The molecule has 1 aromatic heterocycles. The number of non-ortho nitro benzene ring substituents is 1. The molecule has 0 fully saturated rings. The lowest BCUT2D eigenvalue weighted by molar-refractivity contribution is -0.383. The second-order valence-corrected chi connectivity index (χ2v) is 3.01. The van der Waals surface area contributed by atoms with Crippen LogP contribution in [0.4, 0.5) is 5.69 Å². The minimum atomic E-state index is -0.497. The fraction of sp³-hybridized carbons (Fsp3) is 0.100. The standard InChI is InChI=1S/C10H8N2O4/c13-6-16-9-4-3-8(12(14)15)7-2-1-5-11-10(7)9/h1-5,13H,6H2. The molecule has 1 aromatic carbocycles. The number of aliphatic hydroxyl groups is 1. The van der Waals surface area contributed by atoms with Gasteiger partial charge < -0.3 is 9.84 Å². The van der Waals surface area contributed by atoms with Crippen LogP contribution in [0, 0.1) is 10.1 Å². The quantitative estimate of drug-likeness (QED) is 0.481. The first-order chi connectivity index (χ1) is 7.74. The third-order valence-corrected chi connectivity index (χ3v) is 2.13. The Morgan fingerprint density at radius 2 is 2.25 bits per heavy atom. The molecule has 0 amide bonds. The van der Waals surface area contributed by atoms with Gasteiger partial charge in [0.25, 0.3) is 5.69 Å². The lowest BCUT2D eigenvalue weighted by Gasteiger charge is -2.05. The van der Waals surface area contributed by atoms with Crippen LogP contribution in [0.25, 0.3) is 10.9 Å². The summed E-state index contributed by atoms with van der Waals surface area (Å²) in [6, 6.07) is 5.95. The molecule has 0 aliphatic carbocycles. The van der Waals surface area contributed by atoms with Crippen molar-refractivity contribution in [2.75, 3.05) is 6.79 Å². The monoisotopic (exact) mass is 220 g/mol. The Morgan fingerprint density at radius 3 is 2.94 bits per heavy atom. The van der Waals surface area contributed by atoms with Crippen LogP contribution in [-0.4, -0.2) is 21.8 Å². The first-order valence-electron chi connectivity index (χ1n) is 4.50. The van der Waals surface area contributed by atoms with E-state index in [4.69, 9.17) is 9.84 Å². The van der Waals surface area contributed by atoms with Gasteiger partial charge in [-0.25, -0.2) is 0 Å². The molecule has 0 saturated carbocycles. The van der Waals surface area contributed by atoms with E-state index in [-0.39, 0.29) is 5.69 Å². The zero-order valence-corrected chi connectivity index (χ0v) is 8.16. The van der Waals surface area contributed by atoms with Gasteiger partial charge in [-0.1, -0.05) is 0 Å². The number of benzene rings is 1. The van der Waals surface area contributed by atoms with E-state index in [1.807, 2.05) is 0 Å². The molecule has 82 valence electrons. The van der Waals surface area contributed by atoms with Crippen molar-refractivity contribution >= 4 is 16.6 Å². The molecule has 0 spiro atoms. The van der Waals surface area contributed by atoms with E-state index in [1.54, 1.807) is 12.1 Å². The van der Waals surface area contributed by atoms with Gasteiger partial charge in [0.2, 0.25) is 0 Å². The minimum Gasteiger partial charge on any atom is -0.465 e. The van der Waals surface area contributed by atoms with Gasteiger partial charge in [-0.05, 0) is 18.2 Å². The van der Waals surface area contributed by atoms with Crippen molar-refractivity contribution in [1.29, 1.82) is 0 Å². The van der Waals surface area contributed by atoms with Gasteiger partial charge in [-0.3, -0.25) is 15.1 Å². The molecule has 0 bridgehead atoms. The number of aromatic nitrogens is 1. The van der Waals surface area contributed by atoms with Crippen molar-refractivity contribution in [3.8, 4) is 5.75 Å². The van der Waals surface area contributed by atoms with Gasteiger partial charge in [0.15, 0.2) is 6.79 Å². The maximum atomic E-state index is 10.8. The van der Waals surface area contributed by atoms with Crippen LogP contribution in [-0.2, 0) is 0 Å². The highest BCUT2D eigenvalue weighted by atomic mass is 16.6. The molecule has 0 atom stereocenters. The minimum absolute atomic E-state index is 0.0339. The Labute approximate surface area is 90.3 Å². The van der Waals surface area contributed by atoms with Crippen LogP contribution in [0.3, 0.4) is 0 Å². The van der Waals surface area contributed by atoms with E-state index in [0.29, 0.717) is 16.7 Å². The number of hydrogen-bond acceptors (Lipinski definition) is 5. The number of rotatable bonds is 3. The van der Waals surface area contributed by atoms with Crippen LogP contribution < -0.4 is 4.74 Å². The summed E-state index contributed by atoms with van der Waals surface area (Å²) in [5, 5.41) is 19.8. The van der Waals surface area contributed by atoms with E-state index in [0.717, 1.165) is 0 Å². The number of pyridine rings is 1. The predicted octanol–water partition coefficient (Wildman–Crippen LogP) is 1.47. The van der Waals surface area contributed by atoms with Crippen LogP contribution in [0.2, 0.25) is 0 Å². The number of nitro benzene ring substituents is 1. The Hall–Kier alpha value is -2.21. The molecule has 6 nitrogen and oxygen atoms in total. The smallest absolute Gasteiger partial charge is 0.279 e. The lowest BCUT2D eigenvalue weighted by atomic mass is 10.1. The molecule has 0 aliphatic rings. The summed E-state index contributed by atoms with van der Waals surface area (Å²) >= 11 is 0. The fourth-order valence-corrected chi connectivity index (χ4v) is 1.48. The maximum absolute atomic E-state index is 10.8. The van der Waals surface area contributed by atoms with Gasteiger partial charge >= 0.3 is 0 Å². The Bertz CT molecular complexity index is 541. The summed E-state index contributed by atoms with van der Waals surface area (Å²) < 4.78 is 4.92. The van der Waals surface area contributed by atoms with Gasteiger partial charge in [-0.2, -0.15) is 0 Å². The summed E-state index contributed by atoms with van der Waals surface area (Å²) in [6.07, 6.45) is 1.51. The number of nitro groups is 1. The maximum Gasteiger partial charge on any atom is 0.279 e. The number of ether oxygens (including phenoxy) is 1. The second kappa shape index (κ2) is 4.11. The van der Waals surface area contributed by atoms with Crippen LogP contribution in [0.1, 0.15) is 0 Å². The topological polar surface area (TPSA) is 85.5 Å². The van der Waals surface area contributed by atoms with Crippen molar-refractivity contribution in [3.63, 3.8) is 0 Å². The Morgan fingerprint density at radius 1 is 1.44 bits per heavy atom. The number of hydrogen-bond donors (Lipinski definition) is 1. The van der Waals surface area contributed by atoms with Gasteiger partial charge in [0.05, 0.1) is 10.3 Å². The molecule has 0 radical (unpaired) electrons. The summed E-state index contributed by atoms with van der Waals surface area (Å²) in [6.45, 7) is -0.497. The molecule has 16 heavy (non-hydrogen) atoms. The Kier molecular flexibility index (Phi) is 2.65. The van der Waals surface area contributed by atoms with Crippen molar-refractivity contribution in [1.82, 2.24) is 4.98 Å². The van der Waals surface area contributed by atoms with E-state index in [1.165, 1.54) is 18.3 Å². The van der Waals surface area contributed by atoms with Crippen molar-refractivity contribution < 1.29 is 14.8 Å². The van der Waals surface area contributed by atoms with E-state index >= 15 is 0 Å². The summed E-state index contributed by atoms with van der Waals surface area (Å²) in [7, 11) is 0. The van der Waals surface area contributed by atoms with E-state index in [9.17, 15) is 10.1 Å². The average molecular weight is 220 g/mol. The number of nitrogens with zero attached hydrogens (tertiary/aromatic N) is 2. The molecule has 0 unspecified atom stereocenters. The van der Waals surface area contributed by atoms with Gasteiger partial charge in [-0.15, -0.1) is 0 Å². The zero-order chi connectivity index (χ0) is 11.5. The highest BCUT2D eigenvalue weighted by Gasteiger charge is 2.15. The summed E-state index contributed by atoms with van der Waals surface area (Å²) in [5.74, 6) is 0.323.